The van der Waals surface area contributed by atoms with Gasteiger partial charge in [-0.1, -0.05) is 61.7 Å². The maximum Gasteiger partial charge on any atom is 0.227 e. The summed E-state index contributed by atoms with van der Waals surface area (Å²) in [4.78, 5) is 14.9. The van der Waals surface area contributed by atoms with Crippen LogP contribution in [0.15, 0.2) is 42.5 Å². The van der Waals surface area contributed by atoms with E-state index in [1.54, 1.807) is 0 Å². The number of benzene rings is 2. The van der Waals surface area contributed by atoms with Gasteiger partial charge >= 0.3 is 0 Å². The summed E-state index contributed by atoms with van der Waals surface area (Å²) in [6.45, 7) is 5.77. The van der Waals surface area contributed by atoms with Gasteiger partial charge in [0, 0.05) is 26.3 Å². The Bertz CT molecular complexity index is 855. The molecule has 1 N–H and O–H groups in total. The first-order valence-corrected chi connectivity index (χ1v) is 13.3. The topological polar surface area (TPSA) is 41.6 Å². The first-order valence-electron chi connectivity index (χ1n) is 13.3. The molecule has 1 heterocycles. The number of fused-ring (bicyclic) bond motifs is 1. The standard InChI is InChI=1S/C29H42N2O2.ClH/c32-29(21-27-13-8-12-26-11-4-5-14-28(26)27)31-18-15-25(16-19-31)23-33-20-7-6-17-30-22-24-9-2-1-3-10-24;/h4-5,8,11-14,24-25,30H,1-3,6-7,9-10,15-23H2;1H. The van der Waals surface area contributed by atoms with Crippen molar-refractivity contribution in [3.05, 3.63) is 48.0 Å². The van der Waals surface area contributed by atoms with Gasteiger partial charge in [0.1, 0.15) is 0 Å². The van der Waals surface area contributed by atoms with Gasteiger partial charge in [0.2, 0.25) is 5.91 Å². The molecule has 0 aromatic heterocycles. The Morgan fingerprint density at radius 2 is 1.68 bits per heavy atom. The minimum absolute atomic E-state index is 0. The zero-order chi connectivity index (χ0) is 22.7. The molecule has 0 spiro atoms. The lowest BCUT2D eigenvalue weighted by Crippen LogP contribution is -2.40. The molecule has 2 aromatic rings. The second kappa shape index (κ2) is 14.7. The van der Waals surface area contributed by atoms with Crippen molar-refractivity contribution < 1.29 is 9.53 Å². The van der Waals surface area contributed by atoms with E-state index in [2.05, 4.69) is 52.7 Å². The normalized spacial score (nSPS) is 17.6. The molecule has 1 aliphatic heterocycles. The van der Waals surface area contributed by atoms with Crippen LogP contribution in [0.3, 0.4) is 0 Å². The van der Waals surface area contributed by atoms with Gasteiger partial charge in [0.05, 0.1) is 6.42 Å². The van der Waals surface area contributed by atoms with Gasteiger partial charge < -0.3 is 15.0 Å². The van der Waals surface area contributed by atoms with Crippen LogP contribution >= 0.6 is 12.4 Å². The highest BCUT2D eigenvalue weighted by molar-refractivity contribution is 5.90. The van der Waals surface area contributed by atoms with Crippen molar-refractivity contribution in [2.24, 2.45) is 11.8 Å². The highest BCUT2D eigenvalue weighted by Gasteiger charge is 2.23. The molecule has 2 aromatic carbocycles. The van der Waals surface area contributed by atoms with Gasteiger partial charge in [-0.2, -0.15) is 0 Å². The van der Waals surface area contributed by atoms with E-state index in [4.69, 9.17) is 4.74 Å². The number of likely N-dealkylation sites (tertiary alicyclic amines) is 1. The fraction of sp³-hybridized carbons (Fsp3) is 0.621. The number of amides is 1. The van der Waals surface area contributed by atoms with Crippen molar-refractivity contribution >= 4 is 29.1 Å². The van der Waals surface area contributed by atoms with Crippen LogP contribution in [0.25, 0.3) is 10.8 Å². The molecule has 4 rings (SSSR count). The Morgan fingerprint density at radius 1 is 0.912 bits per heavy atom. The van der Waals surface area contributed by atoms with Crippen LogP contribution in [0.5, 0.6) is 0 Å². The Morgan fingerprint density at radius 3 is 2.50 bits per heavy atom. The summed E-state index contributed by atoms with van der Waals surface area (Å²) in [7, 11) is 0. The van der Waals surface area contributed by atoms with Crippen LogP contribution in [0.4, 0.5) is 0 Å². The van der Waals surface area contributed by atoms with Crippen molar-refractivity contribution in [3.63, 3.8) is 0 Å². The van der Waals surface area contributed by atoms with E-state index in [0.29, 0.717) is 12.3 Å². The van der Waals surface area contributed by atoms with Crippen molar-refractivity contribution in [2.45, 2.75) is 64.2 Å². The maximum absolute atomic E-state index is 12.9. The van der Waals surface area contributed by atoms with E-state index < -0.39 is 0 Å². The highest BCUT2D eigenvalue weighted by Crippen LogP contribution is 2.23. The number of halogens is 1. The highest BCUT2D eigenvalue weighted by atomic mass is 35.5. The molecule has 1 aliphatic carbocycles. The van der Waals surface area contributed by atoms with Gasteiger partial charge in [-0.15, -0.1) is 12.4 Å². The first kappa shape index (κ1) is 27.0. The van der Waals surface area contributed by atoms with E-state index >= 15 is 0 Å². The molecule has 1 saturated carbocycles. The number of carbonyl (C=O) groups excluding carboxylic acids is 1. The summed E-state index contributed by atoms with van der Waals surface area (Å²) < 4.78 is 5.98. The lowest BCUT2D eigenvalue weighted by molar-refractivity contribution is -0.132. The van der Waals surface area contributed by atoms with Crippen LogP contribution in [0.1, 0.15) is 63.4 Å². The summed E-state index contributed by atoms with van der Waals surface area (Å²) >= 11 is 0. The van der Waals surface area contributed by atoms with Gasteiger partial charge in [0.25, 0.3) is 0 Å². The molecular weight excluding hydrogens is 444 g/mol. The minimum Gasteiger partial charge on any atom is -0.381 e. The Kier molecular flexibility index (Phi) is 11.7. The minimum atomic E-state index is 0. The van der Waals surface area contributed by atoms with Crippen LogP contribution in [0, 0.1) is 11.8 Å². The third-order valence-electron chi connectivity index (χ3n) is 7.59. The lowest BCUT2D eigenvalue weighted by atomic mass is 9.89. The molecule has 0 unspecified atom stereocenters. The quantitative estimate of drug-likeness (QED) is 0.395. The number of hydrogen-bond acceptors (Lipinski definition) is 3. The number of nitrogens with zero attached hydrogens (tertiary/aromatic N) is 1. The van der Waals surface area contributed by atoms with Gasteiger partial charge in [-0.05, 0) is 79.8 Å². The van der Waals surface area contributed by atoms with Crippen LogP contribution in [-0.2, 0) is 16.0 Å². The summed E-state index contributed by atoms with van der Waals surface area (Å²) in [6, 6.07) is 14.6. The van der Waals surface area contributed by atoms with Crippen molar-refractivity contribution in [1.29, 1.82) is 0 Å². The van der Waals surface area contributed by atoms with E-state index in [0.717, 1.165) is 63.6 Å². The Hall–Kier alpha value is -1.62. The fourth-order valence-electron chi connectivity index (χ4n) is 5.47. The number of rotatable bonds is 11. The molecule has 1 saturated heterocycles. The second-order valence-corrected chi connectivity index (χ2v) is 10.1. The number of ether oxygens (including phenoxy) is 1. The summed E-state index contributed by atoms with van der Waals surface area (Å²) in [5.74, 6) is 1.77. The molecular formula is C29H43ClN2O2. The number of unbranched alkanes of at least 4 members (excludes halogenated alkanes) is 1. The average Bonchev–Trinajstić information content (AvgIpc) is 2.87. The zero-order valence-electron chi connectivity index (χ0n) is 20.7. The first-order chi connectivity index (χ1) is 16.3. The van der Waals surface area contributed by atoms with E-state index in [1.807, 2.05) is 0 Å². The average molecular weight is 487 g/mol. The number of nitrogens with one attached hydrogen (secondary N) is 1. The number of carbonyl (C=O) groups is 1. The van der Waals surface area contributed by atoms with Crippen molar-refractivity contribution in [3.8, 4) is 0 Å². The predicted molar refractivity (Wildman–Crippen MR) is 144 cm³/mol. The molecule has 34 heavy (non-hydrogen) atoms. The molecule has 188 valence electrons. The number of piperidine rings is 1. The van der Waals surface area contributed by atoms with Gasteiger partial charge in [0.15, 0.2) is 0 Å². The molecule has 0 radical (unpaired) electrons. The monoisotopic (exact) mass is 486 g/mol. The Balaban J connectivity index is 0.00000324. The molecule has 4 nitrogen and oxygen atoms in total. The van der Waals surface area contributed by atoms with E-state index in [1.165, 1.54) is 55.8 Å². The van der Waals surface area contributed by atoms with Crippen LogP contribution in [0.2, 0.25) is 0 Å². The van der Waals surface area contributed by atoms with Gasteiger partial charge in [-0.25, -0.2) is 0 Å². The lowest BCUT2D eigenvalue weighted by Gasteiger charge is -2.32. The van der Waals surface area contributed by atoms with E-state index in [9.17, 15) is 4.79 Å². The largest absolute Gasteiger partial charge is 0.381 e. The zero-order valence-corrected chi connectivity index (χ0v) is 21.5. The molecule has 1 amide bonds. The molecule has 2 aliphatic rings. The Labute approximate surface area is 212 Å². The van der Waals surface area contributed by atoms with Gasteiger partial charge in [-0.3, -0.25) is 4.79 Å². The SMILES string of the molecule is Cl.O=C(Cc1cccc2ccccc12)N1CCC(COCCCCNCC2CCCCC2)CC1. The summed E-state index contributed by atoms with van der Waals surface area (Å²) in [6.07, 6.45) is 12.1. The number of hydrogen-bond donors (Lipinski definition) is 1. The fourth-order valence-corrected chi connectivity index (χ4v) is 5.47. The second-order valence-electron chi connectivity index (χ2n) is 10.1. The van der Waals surface area contributed by atoms with Crippen LogP contribution < -0.4 is 5.32 Å². The van der Waals surface area contributed by atoms with Crippen LogP contribution in [-0.4, -0.2) is 50.2 Å². The molecule has 0 bridgehead atoms. The predicted octanol–water partition coefficient (Wildman–Crippen LogP) is 6.01. The third-order valence-corrected chi connectivity index (χ3v) is 7.59. The van der Waals surface area contributed by atoms with Crippen molar-refractivity contribution in [1.82, 2.24) is 10.2 Å². The maximum atomic E-state index is 12.9. The molecule has 0 atom stereocenters. The molecule has 2 fully saturated rings. The van der Waals surface area contributed by atoms with E-state index in [-0.39, 0.29) is 18.3 Å². The van der Waals surface area contributed by atoms with Crippen molar-refractivity contribution in [2.75, 3.05) is 39.4 Å². The third kappa shape index (κ3) is 8.25. The molecule has 5 heteroatoms. The summed E-state index contributed by atoms with van der Waals surface area (Å²) in [5.41, 5.74) is 1.14. The smallest absolute Gasteiger partial charge is 0.227 e. The summed E-state index contributed by atoms with van der Waals surface area (Å²) in [5, 5.41) is 6.05.